The van der Waals surface area contributed by atoms with E-state index in [9.17, 15) is 4.79 Å². The molecule has 0 aliphatic carbocycles. The summed E-state index contributed by atoms with van der Waals surface area (Å²) in [5.74, 6) is -0.208. The van der Waals surface area contributed by atoms with E-state index in [-0.39, 0.29) is 12.0 Å². The highest BCUT2D eigenvalue weighted by Crippen LogP contribution is 2.05. The van der Waals surface area contributed by atoms with E-state index in [0.717, 1.165) is 5.56 Å². The highest BCUT2D eigenvalue weighted by Gasteiger charge is 2.19. The van der Waals surface area contributed by atoms with Gasteiger partial charge in [0, 0.05) is 7.05 Å². The minimum Gasteiger partial charge on any atom is -0.372 e. The Morgan fingerprint density at radius 2 is 2.06 bits per heavy atom. The molecule has 88 valence electrons. The summed E-state index contributed by atoms with van der Waals surface area (Å²) < 4.78 is 5.53. The van der Waals surface area contributed by atoms with Crippen LogP contribution in [0.25, 0.3) is 0 Å². The minimum absolute atomic E-state index is 0.208. The molecule has 0 saturated carbocycles. The molecule has 0 aromatic heterocycles. The number of hydrogen-bond acceptors (Lipinski definition) is 3. The number of rotatable bonds is 5. The molecular weight excluding hydrogens is 204 g/mol. The van der Waals surface area contributed by atoms with Gasteiger partial charge in [0.05, 0.1) is 12.7 Å². The van der Waals surface area contributed by atoms with Gasteiger partial charge < -0.3 is 15.8 Å². The summed E-state index contributed by atoms with van der Waals surface area (Å²) in [5.41, 5.74) is 6.77. The van der Waals surface area contributed by atoms with E-state index in [1.807, 2.05) is 30.3 Å². The summed E-state index contributed by atoms with van der Waals surface area (Å²) in [6.45, 7) is 2.26. The zero-order valence-corrected chi connectivity index (χ0v) is 9.64. The maximum Gasteiger partial charge on any atom is 0.239 e. The molecule has 16 heavy (non-hydrogen) atoms. The third-order valence-electron chi connectivity index (χ3n) is 2.41. The van der Waals surface area contributed by atoms with Crippen LogP contribution in [0.1, 0.15) is 12.5 Å². The number of amides is 1. The largest absolute Gasteiger partial charge is 0.372 e. The zero-order valence-electron chi connectivity index (χ0n) is 9.64. The van der Waals surface area contributed by atoms with Crippen LogP contribution >= 0.6 is 0 Å². The Morgan fingerprint density at radius 3 is 2.62 bits per heavy atom. The van der Waals surface area contributed by atoms with E-state index in [1.54, 1.807) is 14.0 Å². The molecule has 0 unspecified atom stereocenters. The zero-order chi connectivity index (χ0) is 12.0. The second-order valence-corrected chi connectivity index (χ2v) is 3.64. The van der Waals surface area contributed by atoms with Crippen molar-refractivity contribution in [3.63, 3.8) is 0 Å². The number of hydrogen-bond donors (Lipinski definition) is 2. The summed E-state index contributed by atoms with van der Waals surface area (Å²) in [6, 6.07) is 9.15. The van der Waals surface area contributed by atoms with Gasteiger partial charge in [0.15, 0.2) is 0 Å². The summed E-state index contributed by atoms with van der Waals surface area (Å²) in [5, 5.41) is 2.50. The Kier molecular flexibility index (Phi) is 4.95. The van der Waals surface area contributed by atoms with Gasteiger partial charge in [-0.25, -0.2) is 0 Å². The monoisotopic (exact) mass is 222 g/mol. The van der Waals surface area contributed by atoms with Gasteiger partial charge in [0.25, 0.3) is 0 Å². The average molecular weight is 222 g/mol. The van der Waals surface area contributed by atoms with Gasteiger partial charge in [-0.3, -0.25) is 4.79 Å². The van der Waals surface area contributed by atoms with Gasteiger partial charge in [-0.15, -0.1) is 0 Å². The Morgan fingerprint density at radius 1 is 1.44 bits per heavy atom. The molecule has 0 heterocycles. The van der Waals surface area contributed by atoms with E-state index < -0.39 is 6.04 Å². The molecule has 4 heteroatoms. The fourth-order valence-electron chi connectivity index (χ4n) is 1.29. The fraction of sp³-hybridized carbons (Fsp3) is 0.417. The summed E-state index contributed by atoms with van der Waals surface area (Å²) >= 11 is 0. The van der Waals surface area contributed by atoms with Gasteiger partial charge in [-0.2, -0.15) is 0 Å². The Hall–Kier alpha value is -1.39. The molecule has 1 amide bonds. The normalized spacial score (nSPS) is 14.2. The van der Waals surface area contributed by atoms with E-state index in [1.165, 1.54) is 0 Å². The van der Waals surface area contributed by atoms with Crippen molar-refractivity contribution >= 4 is 5.91 Å². The second-order valence-electron chi connectivity index (χ2n) is 3.64. The number of nitrogens with two attached hydrogens (primary N) is 1. The number of ether oxygens (including phenoxy) is 1. The number of carbonyl (C=O) groups is 1. The first-order valence-corrected chi connectivity index (χ1v) is 5.28. The molecule has 1 aromatic rings. The fourth-order valence-corrected chi connectivity index (χ4v) is 1.29. The molecule has 0 bridgehead atoms. The van der Waals surface area contributed by atoms with Crippen molar-refractivity contribution in [1.82, 2.24) is 5.32 Å². The van der Waals surface area contributed by atoms with E-state index in [4.69, 9.17) is 10.5 Å². The number of benzene rings is 1. The Bertz CT molecular complexity index is 327. The van der Waals surface area contributed by atoms with Gasteiger partial charge in [0.1, 0.15) is 6.04 Å². The highest BCUT2D eigenvalue weighted by molar-refractivity contribution is 5.81. The van der Waals surface area contributed by atoms with Crippen molar-refractivity contribution in [2.75, 3.05) is 7.05 Å². The molecule has 0 aliphatic rings. The van der Waals surface area contributed by atoms with Crippen LogP contribution in [-0.4, -0.2) is 25.1 Å². The summed E-state index contributed by atoms with van der Waals surface area (Å²) in [6.07, 6.45) is -0.305. The summed E-state index contributed by atoms with van der Waals surface area (Å²) in [7, 11) is 1.56. The van der Waals surface area contributed by atoms with Crippen LogP contribution in [0, 0.1) is 0 Å². The van der Waals surface area contributed by atoms with Crippen molar-refractivity contribution in [1.29, 1.82) is 0 Å². The standard InChI is InChI=1S/C12H18N2O2/c1-9(11(13)12(15)14-2)16-8-10-6-4-3-5-7-10/h3-7,9,11H,8,13H2,1-2H3,(H,14,15)/t9-,11-/m1/s1. The maximum atomic E-state index is 11.2. The molecule has 1 rings (SSSR count). The molecular formula is C12H18N2O2. The molecule has 0 spiro atoms. The van der Waals surface area contributed by atoms with Gasteiger partial charge in [0.2, 0.25) is 5.91 Å². The quantitative estimate of drug-likeness (QED) is 0.769. The predicted octanol–water partition coefficient (Wildman–Crippen LogP) is 0.665. The molecule has 0 aliphatic heterocycles. The van der Waals surface area contributed by atoms with Gasteiger partial charge >= 0.3 is 0 Å². The van der Waals surface area contributed by atoms with Crippen molar-refractivity contribution in [3.8, 4) is 0 Å². The molecule has 2 atom stereocenters. The van der Waals surface area contributed by atoms with Crippen LogP contribution in [0.2, 0.25) is 0 Å². The average Bonchev–Trinajstić information content (AvgIpc) is 2.35. The lowest BCUT2D eigenvalue weighted by Crippen LogP contribution is -2.46. The second kappa shape index (κ2) is 6.25. The molecule has 0 radical (unpaired) electrons. The maximum absolute atomic E-state index is 11.2. The van der Waals surface area contributed by atoms with Gasteiger partial charge in [-0.1, -0.05) is 30.3 Å². The first kappa shape index (κ1) is 12.7. The van der Waals surface area contributed by atoms with Crippen molar-refractivity contribution < 1.29 is 9.53 Å². The predicted molar refractivity (Wildman–Crippen MR) is 62.7 cm³/mol. The SMILES string of the molecule is CNC(=O)[C@H](N)[C@@H](C)OCc1ccccc1. The number of nitrogens with one attached hydrogen (secondary N) is 1. The van der Waals surface area contributed by atoms with E-state index >= 15 is 0 Å². The number of carbonyl (C=O) groups excluding carboxylic acids is 1. The van der Waals surface area contributed by atoms with Crippen molar-refractivity contribution in [3.05, 3.63) is 35.9 Å². The van der Waals surface area contributed by atoms with Gasteiger partial charge in [-0.05, 0) is 12.5 Å². The highest BCUT2D eigenvalue weighted by atomic mass is 16.5. The Balaban J connectivity index is 2.41. The topological polar surface area (TPSA) is 64.4 Å². The van der Waals surface area contributed by atoms with Crippen LogP contribution in [-0.2, 0) is 16.1 Å². The molecule has 4 nitrogen and oxygen atoms in total. The lowest BCUT2D eigenvalue weighted by Gasteiger charge is -2.19. The van der Waals surface area contributed by atoms with Crippen LogP contribution in [0.4, 0.5) is 0 Å². The molecule has 0 saturated heterocycles. The lowest BCUT2D eigenvalue weighted by atomic mass is 10.2. The minimum atomic E-state index is -0.631. The van der Waals surface area contributed by atoms with E-state index in [2.05, 4.69) is 5.32 Å². The van der Waals surface area contributed by atoms with Crippen LogP contribution in [0.3, 0.4) is 0 Å². The summed E-state index contributed by atoms with van der Waals surface area (Å²) in [4.78, 5) is 11.2. The van der Waals surface area contributed by atoms with Crippen LogP contribution in [0.5, 0.6) is 0 Å². The van der Waals surface area contributed by atoms with Crippen molar-refractivity contribution in [2.45, 2.75) is 25.7 Å². The first-order chi connectivity index (χ1) is 7.65. The first-order valence-electron chi connectivity index (χ1n) is 5.28. The van der Waals surface area contributed by atoms with Crippen molar-refractivity contribution in [2.24, 2.45) is 5.73 Å². The smallest absolute Gasteiger partial charge is 0.239 e. The molecule has 1 aromatic carbocycles. The Labute approximate surface area is 95.8 Å². The lowest BCUT2D eigenvalue weighted by molar-refractivity contribution is -0.125. The number of likely N-dealkylation sites (N-methyl/N-ethyl adjacent to an activating group) is 1. The third kappa shape index (κ3) is 3.64. The van der Waals surface area contributed by atoms with Crippen LogP contribution in [0.15, 0.2) is 30.3 Å². The molecule has 3 N–H and O–H groups in total. The molecule has 0 fully saturated rings. The van der Waals surface area contributed by atoms with E-state index in [0.29, 0.717) is 6.61 Å². The van der Waals surface area contributed by atoms with Crippen LogP contribution < -0.4 is 11.1 Å². The third-order valence-corrected chi connectivity index (χ3v) is 2.41.